The first-order valence-corrected chi connectivity index (χ1v) is 5.33. The largest absolute Gasteiger partial charge is 0.309 e. The van der Waals surface area contributed by atoms with E-state index < -0.39 is 0 Å². The Labute approximate surface area is 91.9 Å². The van der Waals surface area contributed by atoms with E-state index in [2.05, 4.69) is 49.5 Å². The molecule has 1 aromatic carbocycles. The Morgan fingerprint density at radius 1 is 1.40 bits per heavy atom. The van der Waals surface area contributed by atoms with Crippen LogP contribution in [-0.4, -0.2) is 6.54 Å². The van der Waals surface area contributed by atoms with Crippen LogP contribution in [0.25, 0.3) is 0 Å². The van der Waals surface area contributed by atoms with E-state index >= 15 is 0 Å². The average Bonchev–Trinajstić information content (AvgIpc) is 2.25. The zero-order valence-electron chi connectivity index (χ0n) is 9.62. The van der Waals surface area contributed by atoms with Gasteiger partial charge >= 0.3 is 0 Å². The fourth-order valence-corrected chi connectivity index (χ4v) is 1.46. The molecule has 0 aliphatic carbocycles. The molecule has 0 amide bonds. The van der Waals surface area contributed by atoms with Crippen molar-refractivity contribution in [3.05, 3.63) is 35.4 Å². The Morgan fingerprint density at radius 3 is 2.73 bits per heavy atom. The van der Waals surface area contributed by atoms with Gasteiger partial charge < -0.3 is 5.32 Å². The Hall–Kier alpha value is -1.33. The molecular formula is C13H18N2. The third-order valence-electron chi connectivity index (χ3n) is 2.49. The third-order valence-corrected chi connectivity index (χ3v) is 2.49. The van der Waals surface area contributed by atoms with Crippen molar-refractivity contribution in [2.24, 2.45) is 5.92 Å². The summed E-state index contributed by atoms with van der Waals surface area (Å²) in [5, 5.41) is 12.0. The molecule has 1 rings (SSSR count). The van der Waals surface area contributed by atoms with Gasteiger partial charge in [-0.1, -0.05) is 29.8 Å². The Balaban J connectivity index is 2.54. The van der Waals surface area contributed by atoms with Gasteiger partial charge in [-0.05, 0) is 26.3 Å². The predicted octanol–water partition coefficient (Wildman–Crippen LogP) is 2.81. The average molecular weight is 202 g/mol. The molecule has 0 saturated heterocycles. The molecule has 2 atom stereocenters. The first kappa shape index (κ1) is 11.7. The Bertz CT molecular complexity index is 352. The van der Waals surface area contributed by atoms with Crippen molar-refractivity contribution in [3.8, 4) is 6.07 Å². The molecule has 0 heterocycles. The maximum absolute atomic E-state index is 8.67. The second-order valence-corrected chi connectivity index (χ2v) is 4.07. The van der Waals surface area contributed by atoms with Crippen molar-refractivity contribution in [2.75, 3.05) is 6.54 Å². The van der Waals surface area contributed by atoms with Gasteiger partial charge in [-0.3, -0.25) is 0 Å². The monoisotopic (exact) mass is 202 g/mol. The second kappa shape index (κ2) is 5.53. The highest BCUT2D eigenvalue weighted by molar-refractivity contribution is 5.24. The lowest BCUT2D eigenvalue weighted by Gasteiger charge is -2.15. The van der Waals surface area contributed by atoms with Crippen LogP contribution in [0.1, 0.15) is 31.0 Å². The molecule has 0 aliphatic heterocycles. The molecule has 2 heteroatoms. The molecule has 2 unspecified atom stereocenters. The number of nitrogens with one attached hydrogen (secondary N) is 1. The Morgan fingerprint density at radius 2 is 2.13 bits per heavy atom. The summed E-state index contributed by atoms with van der Waals surface area (Å²) in [6.07, 6.45) is 0. The van der Waals surface area contributed by atoms with Gasteiger partial charge in [0.25, 0.3) is 0 Å². The van der Waals surface area contributed by atoms with Crippen LogP contribution in [0.4, 0.5) is 0 Å². The quantitative estimate of drug-likeness (QED) is 0.815. The first-order chi connectivity index (χ1) is 7.13. The molecule has 0 radical (unpaired) electrons. The fourth-order valence-electron chi connectivity index (χ4n) is 1.46. The van der Waals surface area contributed by atoms with Crippen molar-refractivity contribution < 1.29 is 0 Å². The van der Waals surface area contributed by atoms with Gasteiger partial charge in [0.15, 0.2) is 0 Å². The summed E-state index contributed by atoms with van der Waals surface area (Å²) < 4.78 is 0. The summed E-state index contributed by atoms with van der Waals surface area (Å²) in [4.78, 5) is 0. The normalized spacial score (nSPS) is 14.3. The van der Waals surface area contributed by atoms with E-state index in [4.69, 9.17) is 5.26 Å². The number of nitriles is 1. The summed E-state index contributed by atoms with van der Waals surface area (Å²) >= 11 is 0. The minimum atomic E-state index is 0.0669. The van der Waals surface area contributed by atoms with Crippen LogP contribution in [0.15, 0.2) is 24.3 Å². The first-order valence-electron chi connectivity index (χ1n) is 5.33. The summed E-state index contributed by atoms with van der Waals surface area (Å²) in [5.74, 6) is 0.0669. The van der Waals surface area contributed by atoms with Gasteiger partial charge in [0.1, 0.15) is 0 Å². The van der Waals surface area contributed by atoms with E-state index in [1.165, 1.54) is 11.1 Å². The maximum Gasteiger partial charge on any atom is 0.0666 e. The Kier molecular flexibility index (Phi) is 4.33. The van der Waals surface area contributed by atoms with Crippen LogP contribution in [0, 0.1) is 24.2 Å². The van der Waals surface area contributed by atoms with Crippen LogP contribution >= 0.6 is 0 Å². The van der Waals surface area contributed by atoms with Crippen LogP contribution in [-0.2, 0) is 0 Å². The van der Waals surface area contributed by atoms with Crippen molar-refractivity contribution in [1.82, 2.24) is 5.32 Å². The number of aryl methyl sites for hydroxylation is 1. The van der Waals surface area contributed by atoms with Crippen LogP contribution in [0.2, 0.25) is 0 Å². The summed E-state index contributed by atoms with van der Waals surface area (Å²) in [5.41, 5.74) is 2.55. The second-order valence-electron chi connectivity index (χ2n) is 4.07. The van der Waals surface area contributed by atoms with E-state index in [1.807, 2.05) is 6.92 Å². The minimum Gasteiger partial charge on any atom is -0.309 e. The van der Waals surface area contributed by atoms with E-state index in [1.54, 1.807) is 0 Å². The van der Waals surface area contributed by atoms with E-state index in [0.717, 1.165) is 6.54 Å². The summed E-state index contributed by atoms with van der Waals surface area (Å²) in [7, 11) is 0. The smallest absolute Gasteiger partial charge is 0.0666 e. The zero-order chi connectivity index (χ0) is 11.3. The molecule has 0 fully saturated rings. The fraction of sp³-hybridized carbons (Fsp3) is 0.462. The molecule has 1 aromatic rings. The minimum absolute atomic E-state index is 0.0669. The van der Waals surface area contributed by atoms with E-state index in [-0.39, 0.29) is 5.92 Å². The third kappa shape index (κ3) is 3.73. The maximum atomic E-state index is 8.67. The van der Waals surface area contributed by atoms with Gasteiger partial charge in [0.2, 0.25) is 0 Å². The number of hydrogen-bond donors (Lipinski definition) is 1. The molecule has 0 aliphatic rings. The summed E-state index contributed by atoms with van der Waals surface area (Å²) in [6, 6.07) is 11.0. The van der Waals surface area contributed by atoms with Crippen molar-refractivity contribution in [2.45, 2.75) is 26.8 Å². The highest BCUT2D eigenvalue weighted by atomic mass is 14.9. The van der Waals surface area contributed by atoms with Crippen LogP contribution < -0.4 is 5.32 Å². The van der Waals surface area contributed by atoms with Gasteiger partial charge in [0, 0.05) is 12.6 Å². The van der Waals surface area contributed by atoms with Gasteiger partial charge in [-0.25, -0.2) is 0 Å². The van der Waals surface area contributed by atoms with Crippen LogP contribution in [0.5, 0.6) is 0 Å². The number of nitrogens with zero attached hydrogens (tertiary/aromatic N) is 1. The summed E-state index contributed by atoms with van der Waals surface area (Å²) in [6.45, 7) is 6.88. The highest BCUT2D eigenvalue weighted by Gasteiger charge is 2.06. The van der Waals surface area contributed by atoms with Crippen LogP contribution in [0.3, 0.4) is 0 Å². The number of hydrogen-bond acceptors (Lipinski definition) is 2. The zero-order valence-corrected chi connectivity index (χ0v) is 9.62. The molecule has 2 nitrogen and oxygen atoms in total. The predicted molar refractivity (Wildman–Crippen MR) is 62.4 cm³/mol. The van der Waals surface area contributed by atoms with Crippen molar-refractivity contribution in [3.63, 3.8) is 0 Å². The topological polar surface area (TPSA) is 35.8 Å². The van der Waals surface area contributed by atoms with Gasteiger partial charge in [0.05, 0.1) is 12.0 Å². The SMILES string of the molecule is Cc1cccc(C(C)NCC(C)C#N)c1. The molecular weight excluding hydrogens is 184 g/mol. The highest BCUT2D eigenvalue weighted by Crippen LogP contribution is 2.13. The molecule has 0 saturated carbocycles. The molecule has 0 aromatic heterocycles. The molecule has 0 bridgehead atoms. The van der Waals surface area contributed by atoms with Gasteiger partial charge in [-0.15, -0.1) is 0 Å². The molecule has 1 N–H and O–H groups in total. The lowest BCUT2D eigenvalue weighted by Crippen LogP contribution is -2.23. The van der Waals surface area contributed by atoms with Crippen molar-refractivity contribution >= 4 is 0 Å². The van der Waals surface area contributed by atoms with Crippen molar-refractivity contribution in [1.29, 1.82) is 5.26 Å². The molecule has 15 heavy (non-hydrogen) atoms. The number of rotatable bonds is 4. The lowest BCUT2D eigenvalue weighted by molar-refractivity contribution is 0.527. The molecule has 0 spiro atoms. The van der Waals surface area contributed by atoms with Gasteiger partial charge in [-0.2, -0.15) is 5.26 Å². The van der Waals surface area contributed by atoms with E-state index in [9.17, 15) is 0 Å². The van der Waals surface area contributed by atoms with E-state index in [0.29, 0.717) is 6.04 Å². The standard InChI is InChI=1S/C13H18N2/c1-10-5-4-6-13(7-10)12(3)15-9-11(2)8-14/h4-7,11-12,15H,9H2,1-3H3. The number of benzene rings is 1. The molecule has 80 valence electrons. The lowest BCUT2D eigenvalue weighted by atomic mass is 10.1.